The Kier molecular flexibility index (Phi) is 6.41. The Hall–Kier alpha value is -2.73. The Morgan fingerprint density at radius 1 is 1.14 bits per heavy atom. The van der Waals surface area contributed by atoms with E-state index in [1.54, 1.807) is 17.0 Å². The van der Waals surface area contributed by atoms with Gasteiger partial charge in [-0.3, -0.25) is 4.79 Å². The SMILES string of the molecule is Cc1ccc(OCCC(=O)N(Cc2csc(C)n2)c2ccc(F)cc2)c(C)c1. The Morgan fingerprint density at radius 2 is 1.89 bits per heavy atom. The van der Waals surface area contributed by atoms with Gasteiger partial charge in [-0.1, -0.05) is 17.7 Å². The maximum Gasteiger partial charge on any atom is 0.230 e. The molecule has 6 heteroatoms. The highest BCUT2D eigenvalue weighted by molar-refractivity contribution is 7.09. The van der Waals surface area contributed by atoms with Crippen LogP contribution in [-0.2, 0) is 11.3 Å². The lowest BCUT2D eigenvalue weighted by Crippen LogP contribution is -2.31. The smallest absolute Gasteiger partial charge is 0.230 e. The van der Waals surface area contributed by atoms with Gasteiger partial charge >= 0.3 is 0 Å². The number of nitrogens with zero attached hydrogens (tertiary/aromatic N) is 2. The van der Waals surface area contributed by atoms with Crippen molar-refractivity contribution in [2.24, 2.45) is 0 Å². The predicted octanol–water partition coefficient (Wildman–Crippen LogP) is 5.21. The summed E-state index contributed by atoms with van der Waals surface area (Å²) < 4.78 is 19.1. The summed E-state index contributed by atoms with van der Waals surface area (Å²) in [6, 6.07) is 11.9. The molecule has 0 aliphatic heterocycles. The van der Waals surface area contributed by atoms with Crippen LogP contribution < -0.4 is 9.64 Å². The van der Waals surface area contributed by atoms with Crippen molar-refractivity contribution in [3.8, 4) is 5.75 Å². The van der Waals surface area contributed by atoms with Crippen LogP contribution in [0.25, 0.3) is 0 Å². The minimum atomic E-state index is -0.334. The van der Waals surface area contributed by atoms with E-state index in [9.17, 15) is 9.18 Å². The van der Waals surface area contributed by atoms with Gasteiger partial charge in [0.25, 0.3) is 0 Å². The number of halogens is 1. The van der Waals surface area contributed by atoms with E-state index >= 15 is 0 Å². The number of ether oxygens (including phenoxy) is 1. The van der Waals surface area contributed by atoms with Crippen molar-refractivity contribution >= 4 is 22.9 Å². The number of hydrogen-bond donors (Lipinski definition) is 0. The van der Waals surface area contributed by atoms with Crippen LogP contribution in [0.4, 0.5) is 10.1 Å². The van der Waals surface area contributed by atoms with Crippen LogP contribution in [0.5, 0.6) is 5.75 Å². The number of aryl methyl sites for hydroxylation is 3. The summed E-state index contributed by atoms with van der Waals surface area (Å²) in [7, 11) is 0. The summed E-state index contributed by atoms with van der Waals surface area (Å²) in [5.41, 5.74) is 3.67. The first-order valence-electron chi connectivity index (χ1n) is 9.09. The van der Waals surface area contributed by atoms with Gasteiger partial charge in [0.15, 0.2) is 0 Å². The molecule has 0 bridgehead atoms. The van der Waals surface area contributed by atoms with Gasteiger partial charge in [0, 0.05) is 11.1 Å². The number of thiazole rings is 1. The maximum atomic E-state index is 13.3. The number of carbonyl (C=O) groups is 1. The zero-order chi connectivity index (χ0) is 20.1. The molecule has 28 heavy (non-hydrogen) atoms. The molecule has 0 N–H and O–H groups in total. The molecule has 0 spiro atoms. The molecule has 0 atom stereocenters. The van der Waals surface area contributed by atoms with E-state index < -0.39 is 0 Å². The van der Waals surface area contributed by atoms with E-state index in [0.717, 1.165) is 22.0 Å². The number of aromatic nitrogens is 1. The minimum absolute atomic E-state index is 0.0953. The summed E-state index contributed by atoms with van der Waals surface area (Å²) in [6.07, 6.45) is 0.216. The van der Waals surface area contributed by atoms with Crippen LogP contribution >= 0.6 is 11.3 Å². The number of hydrogen-bond acceptors (Lipinski definition) is 4. The maximum absolute atomic E-state index is 13.3. The first kappa shape index (κ1) is 20.0. The lowest BCUT2D eigenvalue weighted by Gasteiger charge is -2.22. The third kappa shape index (κ3) is 5.16. The number of carbonyl (C=O) groups excluding carboxylic acids is 1. The zero-order valence-corrected chi connectivity index (χ0v) is 17.1. The number of benzene rings is 2. The van der Waals surface area contributed by atoms with Gasteiger partial charge in [-0.2, -0.15) is 0 Å². The van der Waals surface area contributed by atoms with Crippen molar-refractivity contribution in [2.75, 3.05) is 11.5 Å². The van der Waals surface area contributed by atoms with E-state index in [-0.39, 0.29) is 24.8 Å². The van der Waals surface area contributed by atoms with Crippen molar-refractivity contribution in [1.82, 2.24) is 4.98 Å². The quantitative estimate of drug-likeness (QED) is 0.549. The highest BCUT2D eigenvalue weighted by Gasteiger charge is 2.18. The van der Waals surface area contributed by atoms with E-state index in [1.165, 1.54) is 29.0 Å². The Bertz CT molecular complexity index is 953. The summed E-state index contributed by atoms with van der Waals surface area (Å²) in [6.45, 7) is 6.56. The number of anilines is 1. The van der Waals surface area contributed by atoms with Crippen LogP contribution in [0, 0.1) is 26.6 Å². The van der Waals surface area contributed by atoms with E-state index in [4.69, 9.17) is 4.74 Å². The minimum Gasteiger partial charge on any atom is -0.493 e. The molecular weight excluding hydrogens is 375 g/mol. The molecule has 0 fully saturated rings. The fourth-order valence-corrected chi connectivity index (χ4v) is 3.54. The number of rotatable bonds is 7. The number of amides is 1. The zero-order valence-electron chi connectivity index (χ0n) is 16.2. The monoisotopic (exact) mass is 398 g/mol. The summed E-state index contributed by atoms with van der Waals surface area (Å²) in [5, 5.41) is 2.88. The van der Waals surface area contributed by atoms with Crippen LogP contribution in [0.3, 0.4) is 0 Å². The molecule has 2 aromatic carbocycles. The average Bonchev–Trinajstić information content (AvgIpc) is 3.07. The van der Waals surface area contributed by atoms with Gasteiger partial charge in [0.2, 0.25) is 5.91 Å². The van der Waals surface area contributed by atoms with E-state index in [0.29, 0.717) is 12.2 Å². The van der Waals surface area contributed by atoms with Gasteiger partial charge in [0.05, 0.1) is 30.3 Å². The molecular formula is C22H23FN2O2S. The van der Waals surface area contributed by atoms with Crippen molar-refractivity contribution in [3.05, 3.63) is 75.5 Å². The second-order valence-electron chi connectivity index (χ2n) is 6.68. The molecule has 146 valence electrons. The highest BCUT2D eigenvalue weighted by Crippen LogP contribution is 2.22. The first-order chi connectivity index (χ1) is 13.4. The highest BCUT2D eigenvalue weighted by atomic mass is 32.1. The molecule has 3 aromatic rings. The van der Waals surface area contributed by atoms with Crippen molar-refractivity contribution in [1.29, 1.82) is 0 Å². The second kappa shape index (κ2) is 8.97. The third-order valence-corrected chi connectivity index (χ3v) is 5.15. The molecule has 1 aromatic heterocycles. The fraction of sp³-hybridized carbons (Fsp3) is 0.273. The topological polar surface area (TPSA) is 42.4 Å². The van der Waals surface area contributed by atoms with E-state index in [1.807, 2.05) is 44.4 Å². The lowest BCUT2D eigenvalue weighted by molar-refractivity contribution is -0.119. The molecule has 0 aliphatic carbocycles. The molecule has 0 aliphatic rings. The molecule has 0 saturated heterocycles. The molecule has 1 amide bonds. The summed E-state index contributed by atoms with van der Waals surface area (Å²) in [5.74, 6) is 0.350. The van der Waals surface area contributed by atoms with E-state index in [2.05, 4.69) is 4.98 Å². The largest absolute Gasteiger partial charge is 0.493 e. The second-order valence-corrected chi connectivity index (χ2v) is 7.74. The molecule has 3 rings (SSSR count). The van der Waals surface area contributed by atoms with Gasteiger partial charge in [-0.25, -0.2) is 9.37 Å². The van der Waals surface area contributed by atoms with Gasteiger partial charge < -0.3 is 9.64 Å². The van der Waals surface area contributed by atoms with Gasteiger partial charge in [-0.05, 0) is 56.7 Å². The van der Waals surface area contributed by atoms with Crippen LogP contribution in [-0.4, -0.2) is 17.5 Å². The van der Waals surface area contributed by atoms with Crippen molar-refractivity contribution in [2.45, 2.75) is 33.7 Å². The summed E-state index contributed by atoms with van der Waals surface area (Å²) in [4.78, 5) is 19.0. The average molecular weight is 399 g/mol. The van der Waals surface area contributed by atoms with Crippen molar-refractivity contribution < 1.29 is 13.9 Å². The van der Waals surface area contributed by atoms with Gasteiger partial charge in [-0.15, -0.1) is 11.3 Å². The third-order valence-electron chi connectivity index (χ3n) is 4.33. The van der Waals surface area contributed by atoms with Crippen molar-refractivity contribution in [3.63, 3.8) is 0 Å². The van der Waals surface area contributed by atoms with Crippen LogP contribution in [0.1, 0.15) is 28.2 Å². The van der Waals surface area contributed by atoms with Crippen LogP contribution in [0.15, 0.2) is 47.8 Å². The standard InChI is InChI=1S/C22H23FN2O2S/c1-15-4-9-21(16(2)12-15)27-11-10-22(26)25(13-19-14-28-17(3)24-19)20-7-5-18(23)6-8-20/h4-9,12,14H,10-11,13H2,1-3H3. The summed E-state index contributed by atoms with van der Waals surface area (Å²) >= 11 is 1.54. The lowest BCUT2D eigenvalue weighted by atomic mass is 10.1. The molecule has 0 unspecified atom stereocenters. The Morgan fingerprint density at radius 3 is 2.54 bits per heavy atom. The first-order valence-corrected chi connectivity index (χ1v) is 9.97. The predicted molar refractivity (Wildman–Crippen MR) is 110 cm³/mol. The molecule has 1 heterocycles. The molecule has 4 nitrogen and oxygen atoms in total. The molecule has 0 saturated carbocycles. The molecule has 0 radical (unpaired) electrons. The van der Waals surface area contributed by atoms with Gasteiger partial charge in [0.1, 0.15) is 11.6 Å². The Balaban J connectivity index is 1.69. The normalized spacial score (nSPS) is 10.7. The fourth-order valence-electron chi connectivity index (χ4n) is 2.93. The Labute approximate surface area is 168 Å². The van der Waals surface area contributed by atoms with Crippen LogP contribution in [0.2, 0.25) is 0 Å².